The lowest BCUT2D eigenvalue weighted by Crippen LogP contribution is -2.42. The first-order valence-corrected chi connectivity index (χ1v) is 14.0. The van der Waals surface area contributed by atoms with Gasteiger partial charge in [0.25, 0.3) is 0 Å². The van der Waals surface area contributed by atoms with Crippen molar-refractivity contribution in [3.05, 3.63) is 29.2 Å². The smallest absolute Gasteiger partial charge is 0.433 e. The van der Waals surface area contributed by atoms with Gasteiger partial charge in [-0.1, -0.05) is 6.92 Å². The third-order valence-corrected chi connectivity index (χ3v) is 7.34. The molecule has 0 aromatic carbocycles. The second kappa shape index (κ2) is 14.0. The van der Waals surface area contributed by atoms with Gasteiger partial charge in [-0.05, 0) is 38.2 Å². The van der Waals surface area contributed by atoms with Crippen LogP contribution in [0.5, 0.6) is 0 Å². The standard InChI is InChI=1S/C21H26F3N5O2.C6H8O7/c1-2-14-12-17(21(22,23)24)29-18(25-14)13-15(26-29)16-6-3-11-28(16)20(31)8-5-10-27-9-4-7-19(27)30;7-3(8)1-6(13,5(11)12)2-4(9)10/h12-13,16H,2-11H2,1H3;13H,1-2H2,(H,7,8)(H,9,10)(H,11,12). The van der Waals surface area contributed by atoms with E-state index in [4.69, 9.17) is 20.4 Å². The molecule has 2 aliphatic heterocycles. The number of carboxylic acids is 3. The number of aryl methyl sites for hydroxylation is 1. The minimum atomic E-state index is -4.55. The minimum Gasteiger partial charge on any atom is -0.481 e. The van der Waals surface area contributed by atoms with Crippen LogP contribution in [0.3, 0.4) is 0 Å². The lowest BCUT2D eigenvalue weighted by molar-refractivity contribution is -0.170. The predicted octanol–water partition coefficient (Wildman–Crippen LogP) is 2.13. The topological polar surface area (TPSA) is 203 Å². The van der Waals surface area contributed by atoms with E-state index >= 15 is 0 Å². The predicted molar refractivity (Wildman–Crippen MR) is 143 cm³/mol. The molecule has 4 rings (SSSR count). The van der Waals surface area contributed by atoms with Gasteiger partial charge in [-0.25, -0.2) is 14.3 Å². The molecule has 0 bridgehead atoms. The van der Waals surface area contributed by atoms with Gasteiger partial charge < -0.3 is 30.2 Å². The molecule has 2 fully saturated rings. The van der Waals surface area contributed by atoms with Crippen molar-refractivity contribution in [2.24, 2.45) is 0 Å². The van der Waals surface area contributed by atoms with E-state index in [0.717, 1.165) is 30.0 Å². The number of aliphatic carboxylic acids is 3. The van der Waals surface area contributed by atoms with Crippen molar-refractivity contribution < 1.29 is 57.6 Å². The fraction of sp³-hybridized carbons (Fsp3) is 0.593. The number of aromatic nitrogens is 3. The van der Waals surface area contributed by atoms with Gasteiger partial charge >= 0.3 is 24.1 Å². The van der Waals surface area contributed by atoms with Crippen LogP contribution < -0.4 is 0 Å². The van der Waals surface area contributed by atoms with Gasteiger partial charge in [0, 0.05) is 44.2 Å². The van der Waals surface area contributed by atoms with E-state index in [0.29, 0.717) is 56.6 Å². The van der Waals surface area contributed by atoms with Crippen LogP contribution in [0.15, 0.2) is 12.1 Å². The quantitative estimate of drug-likeness (QED) is 0.284. The van der Waals surface area contributed by atoms with Crippen LogP contribution in [0.25, 0.3) is 5.65 Å². The number of carbonyl (C=O) groups is 5. The molecule has 44 heavy (non-hydrogen) atoms. The molecule has 2 amide bonds. The molecule has 1 unspecified atom stereocenters. The third kappa shape index (κ3) is 8.42. The highest BCUT2D eigenvalue weighted by Crippen LogP contribution is 2.35. The van der Waals surface area contributed by atoms with Crippen molar-refractivity contribution in [1.29, 1.82) is 0 Å². The summed E-state index contributed by atoms with van der Waals surface area (Å²) in [7, 11) is 0. The Labute approximate surface area is 249 Å². The molecule has 2 aromatic heterocycles. The van der Waals surface area contributed by atoms with E-state index in [9.17, 15) is 37.1 Å². The van der Waals surface area contributed by atoms with Crippen LogP contribution in [-0.2, 0) is 36.6 Å². The highest BCUT2D eigenvalue weighted by molar-refractivity contribution is 5.88. The van der Waals surface area contributed by atoms with E-state index in [2.05, 4.69) is 10.1 Å². The second-order valence-corrected chi connectivity index (χ2v) is 10.6. The number of fused-ring (bicyclic) bond motifs is 1. The molecule has 2 aromatic rings. The van der Waals surface area contributed by atoms with E-state index in [1.807, 2.05) is 0 Å². The summed E-state index contributed by atoms with van der Waals surface area (Å²) in [5.41, 5.74) is -2.66. The number of rotatable bonds is 11. The lowest BCUT2D eigenvalue weighted by Gasteiger charge is -2.24. The SMILES string of the molecule is CCc1cc(C(F)(F)F)n2nc(C3CCCN3C(=O)CCCN3CCCC3=O)cc2n1.O=C(O)CC(O)(CC(=O)O)C(=O)O. The Morgan fingerprint density at radius 1 is 1.02 bits per heavy atom. The van der Waals surface area contributed by atoms with Gasteiger partial charge in [-0.15, -0.1) is 0 Å². The first kappa shape index (κ1) is 34.2. The van der Waals surface area contributed by atoms with Gasteiger partial charge in [0.05, 0.1) is 24.6 Å². The molecule has 1 atom stereocenters. The van der Waals surface area contributed by atoms with E-state index in [-0.39, 0.29) is 23.5 Å². The van der Waals surface area contributed by atoms with Gasteiger partial charge in [0.2, 0.25) is 11.8 Å². The Balaban J connectivity index is 0.000000345. The number of aliphatic hydroxyl groups is 1. The van der Waals surface area contributed by atoms with E-state index in [1.165, 1.54) is 0 Å². The minimum absolute atomic E-state index is 0.0514. The van der Waals surface area contributed by atoms with Gasteiger partial charge in [-0.3, -0.25) is 19.2 Å². The Morgan fingerprint density at radius 2 is 1.68 bits per heavy atom. The number of nitrogens with zero attached hydrogens (tertiary/aromatic N) is 5. The molecular weight excluding hydrogens is 595 g/mol. The molecule has 0 saturated carbocycles. The number of likely N-dealkylation sites (tertiary alicyclic amines) is 2. The van der Waals surface area contributed by atoms with Gasteiger partial charge in [-0.2, -0.15) is 18.3 Å². The zero-order chi connectivity index (χ0) is 32.8. The maximum absolute atomic E-state index is 13.5. The molecule has 14 nitrogen and oxygen atoms in total. The average Bonchev–Trinajstić information content (AvgIpc) is 3.66. The Bertz CT molecular complexity index is 1400. The maximum Gasteiger partial charge on any atom is 0.433 e. The maximum atomic E-state index is 13.5. The number of hydrogen-bond acceptors (Lipinski definition) is 8. The first-order chi connectivity index (χ1) is 20.6. The molecular formula is C27H34F3N5O9. The van der Waals surface area contributed by atoms with Crippen LogP contribution in [-0.4, -0.2) is 99.8 Å². The first-order valence-electron chi connectivity index (χ1n) is 14.0. The zero-order valence-electron chi connectivity index (χ0n) is 23.9. The molecule has 242 valence electrons. The number of hydrogen-bond donors (Lipinski definition) is 4. The molecule has 4 heterocycles. The number of amides is 2. The molecule has 17 heteroatoms. The van der Waals surface area contributed by atoms with Gasteiger partial charge in [0.1, 0.15) is 5.69 Å². The van der Waals surface area contributed by atoms with Gasteiger partial charge in [0.15, 0.2) is 11.2 Å². The zero-order valence-corrected chi connectivity index (χ0v) is 23.9. The molecule has 2 saturated heterocycles. The van der Waals surface area contributed by atoms with Crippen molar-refractivity contribution in [3.63, 3.8) is 0 Å². The summed E-state index contributed by atoms with van der Waals surface area (Å²) in [5.74, 6) is -4.94. The van der Waals surface area contributed by atoms with E-state index < -0.39 is 48.2 Å². The summed E-state index contributed by atoms with van der Waals surface area (Å²) >= 11 is 0. The highest BCUT2D eigenvalue weighted by atomic mass is 19.4. The summed E-state index contributed by atoms with van der Waals surface area (Å²) in [6.07, 6.45) is -2.70. The van der Waals surface area contributed by atoms with Crippen LogP contribution >= 0.6 is 0 Å². The third-order valence-electron chi connectivity index (χ3n) is 7.34. The van der Waals surface area contributed by atoms with Crippen molar-refractivity contribution in [1.82, 2.24) is 24.4 Å². The summed E-state index contributed by atoms with van der Waals surface area (Å²) in [5, 5.41) is 38.0. The van der Waals surface area contributed by atoms with E-state index in [1.54, 1.807) is 22.8 Å². The van der Waals surface area contributed by atoms with Crippen LogP contribution in [0.2, 0.25) is 0 Å². The Morgan fingerprint density at radius 3 is 2.20 bits per heavy atom. The number of carbonyl (C=O) groups excluding carboxylic acids is 2. The summed E-state index contributed by atoms with van der Waals surface area (Å²) in [6.45, 7) is 3.62. The van der Waals surface area contributed by atoms with Crippen molar-refractivity contribution >= 4 is 35.4 Å². The lowest BCUT2D eigenvalue weighted by atomic mass is 9.96. The average molecular weight is 630 g/mol. The Hall–Kier alpha value is -4.28. The van der Waals surface area contributed by atoms with Crippen molar-refractivity contribution in [3.8, 4) is 0 Å². The fourth-order valence-corrected chi connectivity index (χ4v) is 5.18. The fourth-order valence-electron chi connectivity index (χ4n) is 5.18. The molecule has 0 spiro atoms. The summed E-state index contributed by atoms with van der Waals surface area (Å²) in [4.78, 5) is 62.8. The number of halogens is 3. The summed E-state index contributed by atoms with van der Waals surface area (Å²) in [6, 6.07) is 2.24. The molecule has 0 radical (unpaired) electrons. The second-order valence-electron chi connectivity index (χ2n) is 10.6. The normalized spacial score (nSPS) is 17.1. The summed E-state index contributed by atoms with van der Waals surface area (Å²) < 4.78 is 41.5. The van der Waals surface area contributed by atoms with Crippen LogP contribution in [0.1, 0.15) is 81.4 Å². The molecule has 2 aliphatic rings. The largest absolute Gasteiger partial charge is 0.481 e. The monoisotopic (exact) mass is 629 g/mol. The number of alkyl halides is 3. The Kier molecular flexibility index (Phi) is 10.9. The molecule has 4 N–H and O–H groups in total. The molecule has 0 aliphatic carbocycles. The van der Waals surface area contributed by atoms with Crippen molar-refractivity contribution in [2.45, 2.75) is 82.5 Å². The number of carboxylic acid groups (broad SMARTS) is 3. The highest BCUT2D eigenvalue weighted by Gasteiger charge is 2.41. The van der Waals surface area contributed by atoms with Crippen LogP contribution in [0.4, 0.5) is 13.2 Å². The van der Waals surface area contributed by atoms with Crippen LogP contribution in [0, 0.1) is 0 Å². The van der Waals surface area contributed by atoms with Crippen molar-refractivity contribution in [2.75, 3.05) is 19.6 Å².